The fourth-order valence-electron chi connectivity index (χ4n) is 2.06. The fourth-order valence-corrected chi connectivity index (χ4v) is 2.91. The Labute approximate surface area is 127 Å². The number of imidazole rings is 1. The van der Waals surface area contributed by atoms with Gasteiger partial charge in [0.1, 0.15) is 5.75 Å². The summed E-state index contributed by atoms with van der Waals surface area (Å²) in [6.07, 6.45) is 0. The molecule has 0 bridgehead atoms. The number of aryl methyl sites for hydroxylation is 1. The first-order valence-electron chi connectivity index (χ1n) is 6.82. The summed E-state index contributed by atoms with van der Waals surface area (Å²) in [5.74, 6) is 0.852. The molecule has 0 saturated carbocycles. The zero-order valence-electron chi connectivity index (χ0n) is 12.0. The Balaban J connectivity index is 1.88. The number of aromatic nitrogens is 2. The number of ether oxygens (including phenoxy) is 1. The molecule has 108 valence electrons. The molecule has 0 aliphatic carbocycles. The summed E-state index contributed by atoms with van der Waals surface area (Å²) in [5.41, 5.74) is 9.74. The lowest BCUT2D eigenvalue weighted by molar-refractivity contribution is 0.340. The zero-order chi connectivity index (χ0) is 14.8. The average molecular weight is 299 g/mol. The first-order valence-corrected chi connectivity index (χ1v) is 7.64. The second-order valence-electron chi connectivity index (χ2n) is 4.77. The van der Waals surface area contributed by atoms with Gasteiger partial charge in [0.15, 0.2) is 5.16 Å². The van der Waals surface area contributed by atoms with Crippen molar-refractivity contribution in [3.63, 3.8) is 0 Å². The third-order valence-electron chi connectivity index (χ3n) is 3.21. The SMILES string of the molecule is CCOc1ccc2nc(Sc3ccc(C)c(N)c3)[nH]c2c1. The Morgan fingerprint density at radius 1 is 1.24 bits per heavy atom. The second-order valence-corrected chi connectivity index (χ2v) is 5.84. The minimum absolute atomic E-state index is 0.657. The molecule has 0 unspecified atom stereocenters. The summed E-state index contributed by atoms with van der Waals surface area (Å²) in [5, 5.41) is 0.849. The molecule has 5 heteroatoms. The van der Waals surface area contributed by atoms with Crippen molar-refractivity contribution in [3.05, 3.63) is 42.0 Å². The highest BCUT2D eigenvalue weighted by Crippen LogP contribution is 2.30. The summed E-state index contributed by atoms with van der Waals surface area (Å²) < 4.78 is 5.50. The smallest absolute Gasteiger partial charge is 0.171 e. The van der Waals surface area contributed by atoms with E-state index in [4.69, 9.17) is 10.5 Å². The van der Waals surface area contributed by atoms with Crippen molar-refractivity contribution in [2.45, 2.75) is 23.9 Å². The molecule has 3 aromatic rings. The van der Waals surface area contributed by atoms with Crippen LogP contribution in [0.25, 0.3) is 11.0 Å². The molecular formula is C16H17N3OS. The maximum atomic E-state index is 5.94. The number of nitrogens with one attached hydrogen (secondary N) is 1. The number of anilines is 1. The van der Waals surface area contributed by atoms with Crippen LogP contribution in [0.5, 0.6) is 5.75 Å². The first-order chi connectivity index (χ1) is 10.2. The Hall–Kier alpha value is -2.14. The number of rotatable bonds is 4. The molecule has 0 aliphatic rings. The number of hydrogen-bond acceptors (Lipinski definition) is 4. The van der Waals surface area contributed by atoms with Gasteiger partial charge in [-0.2, -0.15) is 0 Å². The molecule has 0 spiro atoms. The second kappa shape index (κ2) is 5.69. The van der Waals surface area contributed by atoms with E-state index in [1.165, 1.54) is 0 Å². The molecule has 2 aromatic carbocycles. The summed E-state index contributed by atoms with van der Waals surface area (Å²) in [6.45, 7) is 4.63. The minimum Gasteiger partial charge on any atom is -0.494 e. The molecule has 21 heavy (non-hydrogen) atoms. The number of nitrogens with zero attached hydrogens (tertiary/aromatic N) is 1. The van der Waals surface area contributed by atoms with E-state index < -0.39 is 0 Å². The van der Waals surface area contributed by atoms with Crippen molar-refractivity contribution in [1.29, 1.82) is 0 Å². The molecule has 0 atom stereocenters. The lowest BCUT2D eigenvalue weighted by atomic mass is 10.2. The van der Waals surface area contributed by atoms with Gasteiger partial charge in [-0.1, -0.05) is 17.8 Å². The highest BCUT2D eigenvalue weighted by Gasteiger charge is 2.07. The highest BCUT2D eigenvalue weighted by atomic mass is 32.2. The van der Waals surface area contributed by atoms with Crippen molar-refractivity contribution >= 4 is 28.5 Å². The van der Waals surface area contributed by atoms with Gasteiger partial charge in [-0.15, -0.1) is 0 Å². The monoisotopic (exact) mass is 299 g/mol. The van der Waals surface area contributed by atoms with Crippen molar-refractivity contribution in [3.8, 4) is 5.75 Å². The molecule has 0 aliphatic heterocycles. The number of H-pyrrole nitrogens is 1. The Morgan fingerprint density at radius 2 is 2.10 bits per heavy atom. The molecule has 0 saturated heterocycles. The van der Waals surface area contributed by atoms with Crippen molar-refractivity contribution in [1.82, 2.24) is 9.97 Å². The standard InChI is InChI=1S/C16H17N3OS/c1-3-20-11-5-7-14-15(8-11)19-16(18-14)21-12-6-4-10(2)13(17)9-12/h4-9H,3,17H2,1-2H3,(H,18,19). The van der Waals surface area contributed by atoms with Crippen LogP contribution >= 0.6 is 11.8 Å². The molecule has 0 fully saturated rings. The van der Waals surface area contributed by atoms with E-state index in [2.05, 4.69) is 16.0 Å². The lowest BCUT2D eigenvalue weighted by Gasteiger charge is -2.02. The predicted octanol–water partition coefficient (Wildman–Crippen LogP) is 4.00. The highest BCUT2D eigenvalue weighted by molar-refractivity contribution is 7.99. The number of fused-ring (bicyclic) bond motifs is 1. The van der Waals surface area contributed by atoms with Crippen LogP contribution in [0.3, 0.4) is 0 Å². The van der Waals surface area contributed by atoms with Crippen LogP contribution < -0.4 is 10.5 Å². The van der Waals surface area contributed by atoms with E-state index in [1.807, 2.05) is 44.2 Å². The van der Waals surface area contributed by atoms with Gasteiger partial charge < -0.3 is 15.5 Å². The Bertz CT molecular complexity index is 782. The molecule has 3 rings (SSSR count). The van der Waals surface area contributed by atoms with Crippen molar-refractivity contribution < 1.29 is 4.74 Å². The van der Waals surface area contributed by atoms with E-state index in [-0.39, 0.29) is 0 Å². The third kappa shape index (κ3) is 2.97. The zero-order valence-corrected chi connectivity index (χ0v) is 12.8. The topological polar surface area (TPSA) is 63.9 Å². The molecule has 0 amide bonds. The van der Waals surface area contributed by atoms with E-state index in [0.717, 1.165) is 38.1 Å². The van der Waals surface area contributed by atoms with Gasteiger partial charge in [0.05, 0.1) is 17.6 Å². The van der Waals surface area contributed by atoms with Gasteiger partial charge in [0.2, 0.25) is 0 Å². The number of nitrogen functional groups attached to an aromatic ring is 1. The maximum absolute atomic E-state index is 5.94. The fraction of sp³-hybridized carbons (Fsp3) is 0.188. The molecular weight excluding hydrogens is 282 g/mol. The molecule has 3 N–H and O–H groups in total. The quantitative estimate of drug-likeness (QED) is 0.715. The first kappa shape index (κ1) is 13.8. The van der Waals surface area contributed by atoms with Crippen LogP contribution in [0.4, 0.5) is 5.69 Å². The summed E-state index contributed by atoms with van der Waals surface area (Å²) in [6, 6.07) is 11.9. The molecule has 4 nitrogen and oxygen atoms in total. The Morgan fingerprint density at radius 3 is 2.86 bits per heavy atom. The van der Waals surface area contributed by atoms with E-state index in [9.17, 15) is 0 Å². The van der Waals surface area contributed by atoms with Gasteiger partial charge in [-0.25, -0.2) is 4.98 Å². The van der Waals surface area contributed by atoms with Gasteiger partial charge in [-0.3, -0.25) is 0 Å². The summed E-state index contributed by atoms with van der Waals surface area (Å²) in [4.78, 5) is 8.95. The third-order valence-corrected chi connectivity index (χ3v) is 4.08. The normalized spacial score (nSPS) is 11.0. The molecule has 1 aromatic heterocycles. The maximum Gasteiger partial charge on any atom is 0.171 e. The summed E-state index contributed by atoms with van der Waals surface area (Å²) in [7, 11) is 0. The molecule has 0 radical (unpaired) electrons. The predicted molar refractivity (Wildman–Crippen MR) is 87.0 cm³/mol. The van der Waals surface area contributed by atoms with Crippen molar-refractivity contribution in [2.75, 3.05) is 12.3 Å². The number of aromatic amines is 1. The van der Waals surface area contributed by atoms with Crippen molar-refractivity contribution in [2.24, 2.45) is 0 Å². The number of hydrogen-bond donors (Lipinski definition) is 2. The molecule has 1 heterocycles. The average Bonchev–Trinajstić information content (AvgIpc) is 2.85. The van der Waals surface area contributed by atoms with Crippen LogP contribution in [0.15, 0.2) is 46.5 Å². The van der Waals surface area contributed by atoms with Crippen LogP contribution in [0.1, 0.15) is 12.5 Å². The summed E-state index contributed by atoms with van der Waals surface area (Å²) >= 11 is 1.57. The number of nitrogens with two attached hydrogens (primary N) is 1. The van der Waals surface area contributed by atoms with Gasteiger partial charge >= 0.3 is 0 Å². The Kier molecular flexibility index (Phi) is 3.75. The lowest BCUT2D eigenvalue weighted by Crippen LogP contribution is -1.90. The van der Waals surface area contributed by atoms with Crippen LogP contribution in [-0.4, -0.2) is 16.6 Å². The van der Waals surface area contributed by atoms with Crippen LogP contribution in [0, 0.1) is 6.92 Å². The largest absolute Gasteiger partial charge is 0.494 e. The van der Waals surface area contributed by atoms with Gasteiger partial charge in [0.25, 0.3) is 0 Å². The van der Waals surface area contributed by atoms with E-state index in [1.54, 1.807) is 11.8 Å². The van der Waals surface area contributed by atoms with Gasteiger partial charge in [0, 0.05) is 16.6 Å². The number of benzene rings is 2. The van der Waals surface area contributed by atoms with Gasteiger partial charge in [-0.05, 0) is 43.7 Å². The van der Waals surface area contributed by atoms with E-state index in [0.29, 0.717) is 6.61 Å². The van der Waals surface area contributed by atoms with Crippen LogP contribution in [0.2, 0.25) is 0 Å². The minimum atomic E-state index is 0.657. The van der Waals surface area contributed by atoms with Crippen LogP contribution in [-0.2, 0) is 0 Å². The van der Waals surface area contributed by atoms with E-state index >= 15 is 0 Å².